The van der Waals surface area contributed by atoms with E-state index in [0.717, 1.165) is 42.9 Å². The number of para-hydroxylation sites is 1. The third kappa shape index (κ3) is 4.57. The van der Waals surface area contributed by atoms with Gasteiger partial charge in [0.15, 0.2) is 0 Å². The molecule has 1 saturated heterocycles. The third-order valence-electron chi connectivity index (χ3n) is 6.41. The number of halogens is 1. The summed E-state index contributed by atoms with van der Waals surface area (Å²) in [6, 6.07) is 21.7. The van der Waals surface area contributed by atoms with Gasteiger partial charge in [0, 0.05) is 29.7 Å². The Morgan fingerprint density at radius 3 is 2.59 bits per heavy atom. The summed E-state index contributed by atoms with van der Waals surface area (Å²) >= 11 is 6.56. The number of carbonyl (C=O) groups excluding carboxylic acids is 1. The first-order valence-electron chi connectivity index (χ1n) is 11.5. The number of fused-ring (bicyclic) bond motifs is 1. The molecule has 0 atom stereocenters. The van der Waals surface area contributed by atoms with Crippen molar-refractivity contribution >= 4 is 39.9 Å². The molecule has 0 spiro atoms. The first kappa shape index (κ1) is 22.2. The Labute approximate surface area is 203 Å². The Morgan fingerprint density at radius 1 is 1.00 bits per heavy atom. The van der Waals surface area contributed by atoms with Crippen LogP contribution in [0.5, 0.6) is 0 Å². The topological polar surface area (TPSA) is 62.6 Å². The second-order valence-corrected chi connectivity index (χ2v) is 9.26. The lowest BCUT2D eigenvalue weighted by Crippen LogP contribution is -2.32. The van der Waals surface area contributed by atoms with Gasteiger partial charge in [0.25, 0.3) is 5.91 Å². The molecule has 3 aromatic carbocycles. The highest BCUT2D eigenvalue weighted by atomic mass is 35.5. The zero-order chi connectivity index (χ0) is 23.7. The monoisotopic (exact) mass is 472 g/mol. The lowest BCUT2D eigenvalue weighted by Gasteiger charge is -2.32. The van der Waals surface area contributed by atoms with E-state index in [0.29, 0.717) is 33.0 Å². The zero-order valence-electron chi connectivity index (χ0n) is 18.9. The van der Waals surface area contributed by atoms with Gasteiger partial charge in [-0.2, -0.15) is 0 Å². The van der Waals surface area contributed by atoms with Gasteiger partial charge in [0.05, 0.1) is 16.3 Å². The maximum Gasteiger partial charge on any atom is 0.344 e. The van der Waals surface area contributed by atoms with Crippen molar-refractivity contribution < 1.29 is 9.21 Å². The van der Waals surface area contributed by atoms with Crippen molar-refractivity contribution in [3.05, 3.63) is 93.8 Å². The molecule has 6 heteroatoms. The van der Waals surface area contributed by atoms with Crippen LogP contribution in [-0.2, 0) is 0 Å². The second-order valence-electron chi connectivity index (χ2n) is 8.86. The fraction of sp³-hybridized carbons (Fsp3) is 0.214. The zero-order valence-corrected chi connectivity index (χ0v) is 19.6. The Kier molecular flexibility index (Phi) is 6.12. The van der Waals surface area contributed by atoms with Crippen molar-refractivity contribution in [1.82, 2.24) is 0 Å². The van der Waals surface area contributed by atoms with Gasteiger partial charge in [-0.15, -0.1) is 0 Å². The van der Waals surface area contributed by atoms with Crippen LogP contribution in [0, 0.1) is 5.92 Å². The number of piperidine rings is 1. The van der Waals surface area contributed by atoms with Gasteiger partial charge >= 0.3 is 5.63 Å². The normalized spacial score (nSPS) is 14.4. The van der Waals surface area contributed by atoms with Gasteiger partial charge in [-0.1, -0.05) is 48.9 Å². The largest absolute Gasteiger partial charge is 0.422 e. The maximum absolute atomic E-state index is 13.0. The summed E-state index contributed by atoms with van der Waals surface area (Å²) in [5, 5.41) is 4.36. The molecule has 0 saturated carbocycles. The first-order chi connectivity index (χ1) is 16.5. The Hall–Kier alpha value is -3.57. The van der Waals surface area contributed by atoms with Gasteiger partial charge in [0.2, 0.25) is 0 Å². The Balaban J connectivity index is 1.36. The molecule has 1 N–H and O–H groups in total. The summed E-state index contributed by atoms with van der Waals surface area (Å²) in [5.74, 6) is 0.466. The van der Waals surface area contributed by atoms with Gasteiger partial charge in [-0.25, -0.2) is 4.79 Å². The molecule has 5 nitrogen and oxygen atoms in total. The molecular formula is C28H25ClN2O3. The fourth-order valence-electron chi connectivity index (χ4n) is 4.39. The van der Waals surface area contributed by atoms with Crippen LogP contribution >= 0.6 is 11.6 Å². The average molecular weight is 473 g/mol. The number of amides is 1. The molecule has 1 amide bonds. The molecule has 0 unspecified atom stereocenters. The lowest BCUT2D eigenvalue weighted by molar-refractivity contribution is 0.102. The standard InChI is InChI=1S/C28H25ClN2O3/c1-18-11-13-31(14-12-18)25-10-9-22(17-24(25)29)30-27(32)21-7-4-6-19(15-21)23-16-20-5-2-3-8-26(20)34-28(23)33/h2-10,15-18H,11-14H2,1H3,(H,30,32). The molecular weight excluding hydrogens is 448 g/mol. The molecule has 2 heterocycles. The highest BCUT2D eigenvalue weighted by Gasteiger charge is 2.18. The van der Waals surface area contributed by atoms with Crippen LogP contribution < -0.4 is 15.8 Å². The van der Waals surface area contributed by atoms with Gasteiger partial charge in [-0.3, -0.25) is 4.79 Å². The average Bonchev–Trinajstić information content (AvgIpc) is 2.84. The van der Waals surface area contributed by atoms with Crippen LogP contribution in [0.15, 0.2) is 82.0 Å². The minimum absolute atomic E-state index is 0.275. The first-order valence-corrected chi connectivity index (χ1v) is 11.8. The highest BCUT2D eigenvalue weighted by molar-refractivity contribution is 6.33. The number of benzene rings is 3. The molecule has 0 radical (unpaired) electrons. The number of nitrogens with one attached hydrogen (secondary N) is 1. The number of carbonyl (C=O) groups is 1. The minimum atomic E-state index is -0.439. The summed E-state index contributed by atoms with van der Waals surface area (Å²) < 4.78 is 5.45. The van der Waals surface area contributed by atoms with Crippen molar-refractivity contribution in [1.29, 1.82) is 0 Å². The van der Waals surface area contributed by atoms with E-state index in [2.05, 4.69) is 17.1 Å². The van der Waals surface area contributed by atoms with E-state index in [-0.39, 0.29) is 5.91 Å². The van der Waals surface area contributed by atoms with E-state index < -0.39 is 5.63 Å². The molecule has 1 fully saturated rings. The molecule has 172 valence electrons. The molecule has 4 aromatic rings. The van der Waals surface area contributed by atoms with E-state index in [1.165, 1.54) is 0 Å². The van der Waals surface area contributed by atoms with Gasteiger partial charge < -0.3 is 14.6 Å². The van der Waals surface area contributed by atoms with Crippen LogP contribution in [0.4, 0.5) is 11.4 Å². The Morgan fingerprint density at radius 2 is 1.79 bits per heavy atom. The summed E-state index contributed by atoms with van der Waals surface area (Å²) in [6.45, 7) is 4.25. The number of hydrogen-bond acceptors (Lipinski definition) is 4. The minimum Gasteiger partial charge on any atom is -0.422 e. The van der Waals surface area contributed by atoms with E-state index in [1.54, 1.807) is 42.5 Å². The van der Waals surface area contributed by atoms with Crippen LogP contribution in [0.1, 0.15) is 30.1 Å². The summed E-state index contributed by atoms with van der Waals surface area (Å²) in [5.41, 5.74) is 3.19. The molecule has 0 aliphatic carbocycles. The molecule has 34 heavy (non-hydrogen) atoms. The van der Waals surface area contributed by atoms with Crippen LogP contribution in [0.3, 0.4) is 0 Å². The summed E-state index contributed by atoms with van der Waals surface area (Å²) in [7, 11) is 0. The van der Waals surface area contributed by atoms with Crippen LogP contribution in [0.25, 0.3) is 22.1 Å². The number of rotatable bonds is 4. The lowest BCUT2D eigenvalue weighted by atomic mass is 9.99. The van der Waals surface area contributed by atoms with E-state index >= 15 is 0 Å². The quantitative estimate of drug-likeness (QED) is 0.340. The SMILES string of the molecule is CC1CCN(c2ccc(NC(=O)c3cccc(-c4cc5ccccc5oc4=O)c3)cc2Cl)CC1. The molecule has 1 aliphatic rings. The highest BCUT2D eigenvalue weighted by Crippen LogP contribution is 2.32. The Bertz CT molecular complexity index is 1420. The molecule has 5 rings (SSSR count). The van der Waals surface area contributed by atoms with Crippen LogP contribution in [0.2, 0.25) is 5.02 Å². The molecule has 1 aromatic heterocycles. The van der Waals surface area contributed by atoms with E-state index in [4.69, 9.17) is 16.0 Å². The predicted octanol–water partition coefficient (Wildman–Crippen LogP) is 6.60. The number of nitrogens with zero attached hydrogens (tertiary/aromatic N) is 1. The van der Waals surface area contributed by atoms with Crippen molar-refractivity contribution in [3.63, 3.8) is 0 Å². The van der Waals surface area contributed by atoms with Gasteiger partial charge in [0.1, 0.15) is 5.58 Å². The second kappa shape index (κ2) is 9.35. The van der Waals surface area contributed by atoms with Crippen LogP contribution in [-0.4, -0.2) is 19.0 Å². The van der Waals surface area contributed by atoms with Crippen molar-refractivity contribution in [3.8, 4) is 11.1 Å². The third-order valence-corrected chi connectivity index (χ3v) is 6.71. The van der Waals surface area contributed by atoms with E-state index in [1.807, 2.05) is 30.3 Å². The fourth-order valence-corrected chi connectivity index (χ4v) is 4.69. The smallest absolute Gasteiger partial charge is 0.344 e. The number of anilines is 2. The number of hydrogen-bond donors (Lipinski definition) is 1. The van der Waals surface area contributed by atoms with Crippen molar-refractivity contribution in [2.24, 2.45) is 5.92 Å². The maximum atomic E-state index is 13.0. The molecule has 0 bridgehead atoms. The predicted molar refractivity (Wildman–Crippen MR) is 138 cm³/mol. The molecule has 1 aliphatic heterocycles. The summed E-state index contributed by atoms with van der Waals surface area (Å²) in [6.07, 6.45) is 2.31. The van der Waals surface area contributed by atoms with E-state index in [9.17, 15) is 9.59 Å². The van der Waals surface area contributed by atoms with Crippen molar-refractivity contribution in [2.75, 3.05) is 23.3 Å². The van der Waals surface area contributed by atoms with Crippen molar-refractivity contribution in [2.45, 2.75) is 19.8 Å². The van der Waals surface area contributed by atoms with Gasteiger partial charge in [-0.05, 0) is 66.8 Å². The summed E-state index contributed by atoms with van der Waals surface area (Å²) in [4.78, 5) is 27.8.